The van der Waals surface area contributed by atoms with Gasteiger partial charge in [-0.3, -0.25) is 37.3 Å². The monoisotopic (exact) mass is 1340 g/mol. The first-order chi connectivity index (χ1) is 44.1. The minimum atomic E-state index is -4.95. The summed E-state index contributed by atoms with van der Waals surface area (Å²) in [7, 11) is -9.89. The smallest absolute Gasteiger partial charge is 0.462 e. The fraction of sp³-hybridized carbons (Fsp3) is 0.944. The van der Waals surface area contributed by atoms with E-state index in [1.165, 1.54) is 193 Å². The zero-order valence-corrected chi connectivity index (χ0v) is 60.8. The number of unbranched alkanes of at least 4 members (excludes halogenated alkanes) is 43. The van der Waals surface area contributed by atoms with Crippen molar-refractivity contribution in [2.75, 3.05) is 39.6 Å². The van der Waals surface area contributed by atoms with Gasteiger partial charge in [0.05, 0.1) is 26.4 Å². The van der Waals surface area contributed by atoms with Crippen LogP contribution in [0.1, 0.15) is 375 Å². The van der Waals surface area contributed by atoms with Gasteiger partial charge in [0, 0.05) is 25.7 Å². The van der Waals surface area contributed by atoms with Crippen LogP contribution in [0.3, 0.4) is 0 Å². The van der Waals surface area contributed by atoms with Crippen LogP contribution in [-0.2, 0) is 65.4 Å². The standard InChI is InChI=1S/C72H140O17P2/c1-6-10-13-16-19-22-23-24-25-26-27-28-29-30-31-32-33-34-36-43-48-53-58-72(77)89-68(62-83-70(75)56-51-46-41-38-37-39-44-49-54-65(5)9-4)64-87-91(80,81)85-60-66(73)59-84-90(78,79)86-63-67(61-82-69(74)55-50-45-40-21-18-15-12-8-3)88-71(76)57-52-47-42-35-20-17-14-11-7-2/h65-68,73H,6-64H2,1-5H3,(H,78,79)(H,80,81)/t65?,66-,67+,68+/m0/s1. The third-order valence-electron chi connectivity index (χ3n) is 17.1. The molecule has 0 heterocycles. The first-order valence-electron chi connectivity index (χ1n) is 37.7. The number of aliphatic hydroxyl groups excluding tert-OH is 1. The molecule has 3 unspecified atom stereocenters. The van der Waals surface area contributed by atoms with Crippen LogP contribution in [0.2, 0.25) is 0 Å². The molecule has 0 rings (SSSR count). The lowest BCUT2D eigenvalue weighted by atomic mass is 9.99. The summed E-state index contributed by atoms with van der Waals surface area (Å²) < 4.78 is 68.2. The van der Waals surface area contributed by atoms with E-state index in [9.17, 15) is 43.2 Å². The first kappa shape index (κ1) is 89.1. The average Bonchev–Trinajstić information content (AvgIpc) is 3.62. The van der Waals surface area contributed by atoms with Crippen molar-refractivity contribution in [1.29, 1.82) is 0 Å². The van der Waals surface area contributed by atoms with Crippen LogP contribution in [-0.4, -0.2) is 96.7 Å². The number of carbonyl (C=O) groups is 4. The number of ether oxygens (including phenoxy) is 4. The van der Waals surface area contributed by atoms with E-state index in [-0.39, 0.29) is 25.7 Å². The Morgan fingerprint density at radius 2 is 0.527 bits per heavy atom. The highest BCUT2D eigenvalue weighted by molar-refractivity contribution is 7.47. The topological polar surface area (TPSA) is 237 Å². The molecular formula is C72H140O17P2. The Hall–Kier alpha value is -1.94. The lowest BCUT2D eigenvalue weighted by Gasteiger charge is -2.21. The lowest BCUT2D eigenvalue weighted by molar-refractivity contribution is -0.161. The molecule has 0 aliphatic carbocycles. The molecule has 91 heavy (non-hydrogen) atoms. The number of carbonyl (C=O) groups excluding carboxylic acids is 4. The van der Waals surface area contributed by atoms with E-state index in [4.69, 9.17) is 37.0 Å². The van der Waals surface area contributed by atoms with Crippen molar-refractivity contribution >= 4 is 39.5 Å². The van der Waals surface area contributed by atoms with Gasteiger partial charge < -0.3 is 33.8 Å². The molecule has 0 aliphatic heterocycles. The molecule has 3 N–H and O–H groups in total. The molecule has 0 saturated carbocycles. The fourth-order valence-corrected chi connectivity index (χ4v) is 12.5. The number of esters is 4. The summed E-state index contributed by atoms with van der Waals surface area (Å²) in [6, 6.07) is 0. The predicted octanol–water partition coefficient (Wildman–Crippen LogP) is 20.9. The Morgan fingerprint density at radius 1 is 0.308 bits per heavy atom. The van der Waals surface area contributed by atoms with E-state index in [0.29, 0.717) is 25.7 Å². The minimum Gasteiger partial charge on any atom is -0.462 e. The van der Waals surface area contributed by atoms with Crippen molar-refractivity contribution in [2.24, 2.45) is 5.92 Å². The van der Waals surface area contributed by atoms with Gasteiger partial charge in [-0.25, -0.2) is 9.13 Å². The molecule has 6 atom stereocenters. The highest BCUT2D eigenvalue weighted by Crippen LogP contribution is 2.45. The second-order valence-corrected chi connectivity index (χ2v) is 29.1. The highest BCUT2D eigenvalue weighted by atomic mass is 31.2. The summed E-state index contributed by atoms with van der Waals surface area (Å²) in [6.45, 7) is 7.21. The maximum atomic E-state index is 13.0. The van der Waals surface area contributed by atoms with Crippen LogP contribution < -0.4 is 0 Å². The molecule has 19 heteroatoms. The molecule has 0 aliphatic rings. The van der Waals surface area contributed by atoms with Gasteiger partial charge in [-0.1, -0.05) is 324 Å². The van der Waals surface area contributed by atoms with Gasteiger partial charge in [-0.15, -0.1) is 0 Å². The summed E-state index contributed by atoms with van der Waals surface area (Å²) in [5.41, 5.74) is 0. The van der Waals surface area contributed by atoms with Crippen LogP contribution in [0.4, 0.5) is 0 Å². The molecule has 17 nitrogen and oxygen atoms in total. The lowest BCUT2D eigenvalue weighted by Crippen LogP contribution is -2.30. The molecule has 0 bridgehead atoms. The van der Waals surface area contributed by atoms with Gasteiger partial charge in [-0.2, -0.15) is 0 Å². The van der Waals surface area contributed by atoms with E-state index in [1.54, 1.807) is 0 Å². The second-order valence-electron chi connectivity index (χ2n) is 26.2. The minimum absolute atomic E-state index is 0.106. The number of hydrogen-bond donors (Lipinski definition) is 3. The van der Waals surface area contributed by atoms with E-state index >= 15 is 0 Å². The Kier molecular flexibility index (Phi) is 64.0. The fourth-order valence-electron chi connectivity index (χ4n) is 11.0. The van der Waals surface area contributed by atoms with Crippen LogP contribution in [0.15, 0.2) is 0 Å². The molecule has 0 aromatic rings. The quantitative estimate of drug-likeness (QED) is 0.0222. The zero-order valence-electron chi connectivity index (χ0n) is 59.0. The number of aliphatic hydroxyl groups is 1. The largest absolute Gasteiger partial charge is 0.472 e. The van der Waals surface area contributed by atoms with E-state index in [1.807, 2.05) is 0 Å². The number of hydrogen-bond acceptors (Lipinski definition) is 15. The van der Waals surface area contributed by atoms with E-state index in [2.05, 4.69) is 34.6 Å². The van der Waals surface area contributed by atoms with Crippen molar-refractivity contribution in [3.05, 3.63) is 0 Å². The Morgan fingerprint density at radius 3 is 0.780 bits per heavy atom. The number of phosphoric ester groups is 2. The maximum absolute atomic E-state index is 13.0. The molecular weight excluding hydrogens is 1200 g/mol. The summed E-state index contributed by atoms with van der Waals surface area (Å²) >= 11 is 0. The molecule has 0 saturated heterocycles. The van der Waals surface area contributed by atoms with Gasteiger partial charge >= 0.3 is 39.5 Å². The summed E-state index contributed by atoms with van der Waals surface area (Å²) in [6.07, 6.45) is 53.0. The Bertz CT molecular complexity index is 1760. The van der Waals surface area contributed by atoms with Crippen LogP contribution in [0, 0.1) is 5.92 Å². The molecule has 0 aromatic carbocycles. The van der Waals surface area contributed by atoms with Crippen molar-refractivity contribution in [3.8, 4) is 0 Å². The molecule has 0 radical (unpaired) electrons. The Labute approximate surface area is 556 Å². The van der Waals surface area contributed by atoms with Gasteiger partial charge in [0.1, 0.15) is 19.3 Å². The first-order valence-corrected chi connectivity index (χ1v) is 40.7. The third kappa shape index (κ3) is 65.1. The third-order valence-corrected chi connectivity index (χ3v) is 19.0. The van der Waals surface area contributed by atoms with Crippen molar-refractivity contribution in [1.82, 2.24) is 0 Å². The van der Waals surface area contributed by atoms with Crippen molar-refractivity contribution < 1.29 is 80.2 Å². The molecule has 0 spiro atoms. The predicted molar refractivity (Wildman–Crippen MR) is 368 cm³/mol. The normalized spacial score (nSPS) is 14.3. The van der Waals surface area contributed by atoms with Gasteiger partial charge in [-0.05, 0) is 31.6 Å². The average molecular weight is 1340 g/mol. The second kappa shape index (κ2) is 65.4. The van der Waals surface area contributed by atoms with Crippen LogP contribution in [0.25, 0.3) is 0 Å². The van der Waals surface area contributed by atoms with Gasteiger partial charge in [0.15, 0.2) is 12.2 Å². The van der Waals surface area contributed by atoms with Crippen molar-refractivity contribution in [3.63, 3.8) is 0 Å². The molecule has 0 aromatic heterocycles. The maximum Gasteiger partial charge on any atom is 0.472 e. The number of rotatable bonds is 72. The SMILES string of the molecule is CCCCCCCCCCCCCCCCCCCCCCCCC(=O)O[C@H](COC(=O)CCCCCCCCCCC(C)CC)COP(=O)(O)OC[C@@H](O)COP(=O)(O)OC[C@@H](COC(=O)CCCCCCCCCC)OC(=O)CCCCCCCCCCC. The molecule has 540 valence electrons. The van der Waals surface area contributed by atoms with Crippen molar-refractivity contribution in [2.45, 2.75) is 393 Å². The van der Waals surface area contributed by atoms with E-state index < -0.39 is 97.5 Å². The summed E-state index contributed by atoms with van der Waals surface area (Å²) in [5, 5.41) is 10.6. The van der Waals surface area contributed by atoms with E-state index in [0.717, 1.165) is 102 Å². The van der Waals surface area contributed by atoms with Gasteiger partial charge in [0.2, 0.25) is 0 Å². The number of phosphoric acid groups is 2. The van der Waals surface area contributed by atoms with Crippen LogP contribution in [0.5, 0.6) is 0 Å². The Balaban J connectivity index is 5.12. The highest BCUT2D eigenvalue weighted by Gasteiger charge is 2.30. The molecule has 0 amide bonds. The van der Waals surface area contributed by atoms with Gasteiger partial charge in [0.25, 0.3) is 0 Å². The molecule has 0 fully saturated rings. The summed E-state index contributed by atoms with van der Waals surface area (Å²) in [5.74, 6) is -1.35. The zero-order chi connectivity index (χ0) is 67.0. The summed E-state index contributed by atoms with van der Waals surface area (Å²) in [4.78, 5) is 72.4. The van der Waals surface area contributed by atoms with Crippen LogP contribution >= 0.6 is 15.6 Å².